The van der Waals surface area contributed by atoms with Gasteiger partial charge in [0, 0.05) is 5.39 Å². The van der Waals surface area contributed by atoms with Crippen molar-refractivity contribution in [3.63, 3.8) is 0 Å². The molecule has 0 heterocycles. The Morgan fingerprint density at radius 3 is 2.83 bits per heavy atom. The molecule has 2 atom stereocenters. The van der Waals surface area contributed by atoms with Gasteiger partial charge in [-0.05, 0) is 24.8 Å². The second-order valence-corrected chi connectivity index (χ2v) is 6.54. The van der Waals surface area contributed by atoms with E-state index in [2.05, 4.69) is 4.74 Å². The van der Waals surface area contributed by atoms with E-state index in [0.29, 0.717) is 17.4 Å². The number of ether oxygens (including phenoxy) is 1. The highest BCUT2D eigenvalue weighted by Crippen LogP contribution is 2.37. The van der Waals surface area contributed by atoms with Gasteiger partial charge in [0.2, 0.25) is 5.75 Å². The molecular weight excluding hydrogens is 349 g/mol. The molecule has 24 heavy (non-hydrogen) atoms. The van der Waals surface area contributed by atoms with E-state index in [1.807, 2.05) is 37.3 Å². The summed E-state index contributed by atoms with van der Waals surface area (Å²) in [5.74, 6) is -0.217. The minimum Gasteiger partial charge on any atom is -0.575 e. The number of rotatable bonds is 7. The third kappa shape index (κ3) is 4.91. The first-order valence-corrected chi connectivity index (χ1v) is 9.23. The number of carbonyl (C=O) groups is 1. The van der Waals surface area contributed by atoms with Crippen LogP contribution in [0.4, 0.5) is 0 Å². The van der Waals surface area contributed by atoms with Gasteiger partial charge in [0.25, 0.3) is 0 Å². The van der Waals surface area contributed by atoms with Crippen LogP contribution in [0.3, 0.4) is 0 Å². The molecule has 7 heteroatoms. The van der Waals surface area contributed by atoms with Crippen LogP contribution in [-0.2, 0) is 9.53 Å². The molecule has 2 aromatic carbocycles. The van der Waals surface area contributed by atoms with Crippen LogP contribution in [-0.4, -0.2) is 18.6 Å². The maximum atomic E-state index is 12.1. The number of hydrogen-bond acceptors (Lipinski definition) is 5. The summed E-state index contributed by atoms with van der Waals surface area (Å²) in [5, 5.41) is 1.99. The van der Waals surface area contributed by atoms with E-state index in [9.17, 15) is 9.69 Å². The molecule has 0 N–H and O–H groups in total. The lowest BCUT2D eigenvalue weighted by atomic mass is 10.1. The molecule has 0 bridgehead atoms. The highest BCUT2D eigenvalue weighted by atomic mass is 35.5. The molecule has 0 saturated carbocycles. The summed E-state index contributed by atoms with van der Waals surface area (Å²) in [6.45, 7) is 3.86. The molecule has 0 saturated heterocycles. The van der Waals surface area contributed by atoms with Crippen LogP contribution in [0.5, 0.6) is 5.75 Å². The van der Waals surface area contributed by atoms with Gasteiger partial charge in [-0.1, -0.05) is 60.0 Å². The van der Waals surface area contributed by atoms with E-state index in [-0.39, 0.29) is 0 Å². The third-order valence-corrected chi connectivity index (χ3v) is 4.52. The molecule has 0 aliphatic rings. The quantitative estimate of drug-likeness (QED) is 0.411. The summed E-state index contributed by atoms with van der Waals surface area (Å²) in [5.41, 5.74) is 0. The Labute approximate surface area is 147 Å². The lowest BCUT2D eigenvalue weighted by Crippen LogP contribution is -2.19. The first kappa shape index (κ1) is 18.7. The minimum atomic E-state index is -2.45. The Balaban J connectivity index is 2.13. The fourth-order valence-corrected chi connectivity index (χ4v) is 3.07. The number of esters is 1. The Morgan fingerprint density at radius 1 is 1.33 bits per heavy atom. The molecule has 1 unspecified atom stereocenters. The monoisotopic (exact) mass is 367 g/mol. The molecule has 0 amide bonds. The smallest absolute Gasteiger partial charge is 0.395 e. The highest BCUT2D eigenvalue weighted by molar-refractivity contribution is 7.34. The van der Waals surface area contributed by atoms with Gasteiger partial charge in [0.05, 0.1) is 11.6 Å². The molecule has 2 rings (SSSR count). The largest absolute Gasteiger partial charge is 0.575 e. The number of nitrogens with zero attached hydrogens (tertiary/aromatic N) is 1. The van der Waals surface area contributed by atoms with E-state index in [4.69, 9.17) is 20.9 Å². The zero-order chi connectivity index (χ0) is 17.5. The summed E-state index contributed by atoms with van der Waals surface area (Å²) in [7, 11) is -2.45. The van der Waals surface area contributed by atoms with Gasteiger partial charge in [0.1, 0.15) is 0 Å². The van der Waals surface area contributed by atoms with Crippen molar-refractivity contribution in [1.82, 2.24) is 0 Å². The van der Waals surface area contributed by atoms with Crippen molar-refractivity contribution in [2.45, 2.75) is 32.7 Å². The molecule has 0 aromatic heterocycles. The van der Waals surface area contributed by atoms with Crippen LogP contribution in [0.1, 0.15) is 26.7 Å². The van der Waals surface area contributed by atoms with E-state index in [1.54, 1.807) is 6.07 Å². The summed E-state index contributed by atoms with van der Waals surface area (Å²) >= 11 is 6.14. The summed E-state index contributed by atoms with van der Waals surface area (Å²) in [6, 6.07) is 10.1. The zero-order valence-electron chi connectivity index (χ0n) is 13.6. The highest BCUT2D eigenvalue weighted by Gasteiger charge is 2.20. The van der Waals surface area contributed by atoms with Gasteiger partial charge in [0.15, 0.2) is 6.04 Å². The maximum absolute atomic E-state index is 12.1. The molecule has 5 nitrogen and oxygen atoms in total. The molecule has 0 fully saturated rings. The maximum Gasteiger partial charge on any atom is 0.395 e. The van der Waals surface area contributed by atoms with E-state index in [0.717, 1.165) is 23.6 Å². The number of halogens is 1. The average Bonchev–Trinajstić information content (AvgIpc) is 2.57. The number of fused-ring (bicyclic) bond motifs is 1. The zero-order valence-corrected chi connectivity index (χ0v) is 15.2. The van der Waals surface area contributed by atoms with Crippen LogP contribution >= 0.6 is 19.8 Å². The van der Waals surface area contributed by atoms with Gasteiger partial charge in [-0.2, -0.15) is 0 Å². The number of carbonyl (C=O) groups excluding carboxylic acids is 1. The minimum absolute atomic E-state index is 0.297. The van der Waals surface area contributed by atoms with Gasteiger partial charge in [-0.25, -0.2) is 4.79 Å². The predicted molar refractivity (Wildman–Crippen MR) is 94.3 cm³/mol. The van der Waals surface area contributed by atoms with Crippen LogP contribution in [0.15, 0.2) is 41.1 Å². The Bertz CT molecular complexity index is 750. The van der Waals surface area contributed by atoms with E-state index in [1.165, 1.54) is 6.92 Å². The predicted octanol–water partition coefficient (Wildman–Crippen LogP) is 4.46. The molecule has 0 aliphatic carbocycles. The van der Waals surface area contributed by atoms with Crippen LogP contribution < -0.4 is 9.42 Å². The van der Waals surface area contributed by atoms with Crippen LogP contribution in [0.25, 0.3) is 10.8 Å². The van der Waals surface area contributed by atoms with Crippen molar-refractivity contribution in [1.29, 1.82) is 0 Å². The summed E-state index contributed by atoms with van der Waals surface area (Å²) in [4.78, 5) is 23.9. The number of unbranched alkanes of at least 4 members (excludes halogenated alkanes) is 1. The van der Waals surface area contributed by atoms with Crippen molar-refractivity contribution in [3.8, 4) is 5.75 Å². The average molecular weight is 368 g/mol. The van der Waals surface area contributed by atoms with Crippen LogP contribution in [0, 0.1) is 0 Å². The normalized spacial score (nSPS) is 12.9. The lowest BCUT2D eigenvalue weighted by Gasteiger charge is -2.07. The Hall–Kier alpha value is -1.68. The first-order chi connectivity index (χ1) is 11.5. The van der Waals surface area contributed by atoms with Gasteiger partial charge < -0.3 is 9.63 Å². The second-order valence-electron chi connectivity index (χ2n) is 5.24. The Morgan fingerprint density at radius 2 is 2.08 bits per heavy atom. The third-order valence-electron chi connectivity index (χ3n) is 3.35. The standard InChI is InChI=1S/C17H19ClNO4P/c1-3-4-11-22-17(20)12(2)19-24(21)23-16-14-8-6-5-7-13(14)9-10-15(16)18/h5-10,12H,3-4,11H2,1-2H3/t12-/m0/s1. The lowest BCUT2D eigenvalue weighted by molar-refractivity contribution is -0.169. The molecule has 0 radical (unpaired) electrons. The topological polar surface area (TPSA) is 71.0 Å². The number of benzene rings is 2. The molecule has 0 spiro atoms. The fourth-order valence-electron chi connectivity index (χ4n) is 2.04. The molecular formula is C17H19ClNO4P. The van der Waals surface area contributed by atoms with Gasteiger partial charge >= 0.3 is 14.1 Å². The fraction of sp³-hybridized carbons (Fsp3) is 0.353. The van der Waals surface area contributed by atoms with Crippen molar-refractivity contribution < 1.29 is 18.9 Å². The Kier molecular flexibility index (Phi) is 6.98. The van der Waals surface area contributed by atoms with Crippen molar-refractivity contribution in [3.05, 3.63) is 41.4 Å². The van der Waals surface area contributed by atoms with Crippen molar-refractivity contribution in [2.75, 3.05) is 6.61 Å². The molecule has 2 aromatic rings. The summed E-state index contributed by atoms with van der Waals surface area (Å²) in [6.07, 6.45) is 1.71. The van der Waals surface area contributed by atoms with Crippen LogP contribution in [0.2, 0.25) is 5.02 Å². The van der Waals surface area contributed by atoms with Crippen molar-refractivity contribution >= 4 is 36.5 Å². The van der Waals surface area contributed by atoms with Gasteiger partial charge in [-0.15, -0.1) is 0 Å². The first-order valence-electron chi connectivity index (χ1n) is 7.72. The number of hydrogen-bond donors (Lipinski definition) is 0. The second kappa shape index (κ2) is 8.97. The van der Waals surface area contributed by atoms with Gasteiger partial charge in [-0.3, -0.25) is 4.52 Å². The molecule has 128 valence electrons. The molecule has 0 aliphatic heterocycles. The van der Waals surface area contributed by atoms with Crippen molar-refractivity contribution in [2.24, 2.45) is 4.74 Å². The van der Waals surface area contributed by atoms with E-state index < -0.39 is 20.2 Å². The SMILES string of the molecule is CCCCOC(=O)[C@H](C)N=[P+]([O-])Oc1c(Cl)ccc2ccccc12. The van der Waals surface area contributed by atoms with E-state index >= 15 is 0 Å². The summed E-state index contributed by atoms with van der Waals surface area (Å²) < 4.78 is 14.3.